The molecule has 1 aliphatic rings. The van der Waals surface area contributed by atoms with Crippen LogP contribution in [-0.2, 0) is 20.7 Å². The highest BCUT2D eigenvalue weighted by Crippen LogP contribution is 2.20. The number of aromatic nitrogens is 2. The number of piperidine rings is 1. The van der Waals surface area contributed by atoms with Crippen molar-refractivity contribution in [2.75, 3.05) is 26.7 Å². The maximum absolute atomic E-state index is 12.2. The summed E-state index contributed by atoms with van der Waals surface area (Å²) >= 11 is 0. The third-order valence-electron chi connectivity index (χ3n) is 5.61. The average molecular weight is 431 g/mol. The van der Waals surface area contributed by atoms with Gasteiger partial charge in [0.05, 0.1) is 12.7 Å². The van der Waals surface area contributed by atoms with Gasteiger partial charge in [0, 0.05) is 38.9 Å². The zero-order valence-corrected chi connectivity index (χ0v) is 18.7. The van der Waals surface area contributed by atoms with E-state index in [1.807, 2.05) is 11.8 Å². The van der Waals surface area contributed by atoms with Crippen molar-refractivity contribution in [3.05, 3.63) is 40.6 Å². The molecule has 2 heterocycles. The Morgan fingerprint density at radius 2 is 2.03 bits per heavy atom. The summed E-state index contributed by atoms with van der Waals surface area (Å²) in [5, 5.41) is 2.94. The van der Waals surface area contributed by atoms with Gasteiger partial charge in [0.1, 0.15) is 17.3 Å². The molecule has 2 rings (SSSR count). The number of methoxy groups -OCH3 is 1. The Kier molecular flexibility index (Phi) is 9.49. The molecule has 170 valence electrons. The summed E-state index contributed by atoms with van der Waals surface area (Å²) in [6.07, 6.45) is 6.32. The SMILES string of the molecule is C=Cc1c(C(=C)OC)nc(CCC(=O)NCCC2CCN(C(=O)CCC)CC2)[nH]c1=O. The van der Waals surface area contributed by atoms with Crippen molar-refractivity contribution in [3.63, 3.8) is 0 Å². The van der Waals surface area contributed by atoms with Gasteiger partial charge in [0.15, 0.2) is 0 Å². The van der Waals surface area contributed by atoms with Crippen LogP contribution in [0.15, 0.2) is 18.0 Å². The van der Waals surface area contributed by atoms with E-state index >= 15 is 0 Å². The van der Waals surface area contributed by atoms with Gasteiger partial charge in [0.25, 0.3) is 5.56 Å². The van der Waals surface area contributed by atoms with E-state index in [0.29, 0.717) is 42.4 Å². The van der Waals surface area contributed by atoms with Crippen LogP contribution >= 0.6 is 0 Å². The first-order valence-electron chi connectivity index (χ1n) is 10.9. The van der Waals surface area contributed by atoms with E-state index in [-0.39, 0.29) is 29.6 Å². The van der Waals surface area contributed by atoms with Crippen molar-refractivity contribution in [3.8, 4) is 0 Å². The number of nitrogens with zero attached hydrogens (tertiary/aromatic N) is 2. The highest BCUT2D eigenvalue weighted by Gasteiger charge is 2.22. The van der Waals surface area contributed by atoms with Crippen LogP contribution in [0.1, 0.15) is 62.5 Å². The molecular weight excluding hydrogens is 396 g/mol. The fourth-order valence-electron chi connectivity index (χ4n) is 3.73. The average Bonchev–Trinajstić information content (AvgIpc) is 2.77. The van der Waals surface area contributed by atoms with Crippen molar-refractivity contribution in [2.45, 2.75) is 51.9 Å². The lowest BCUT2D eigenvalue weighted by atomic mass is 9.93. The molecule has 2 amide bonds. The molecule has 0 bridgehead atoms. The summed E-state index contributed by atoms with van der Waals surface area (Å²) in [5.41, 5.74) is 0.292. The number of hydrogen-bond acceptors (Lipinski definition) is 5. The van der Waals surface area contributed by atoms with Crippen molar-refractivity contribution in [1.29, 1.82) is 0 Å². The number of H-pyrrole nitrogens is 1. The highest BCUT2D eigenvalue weighted by atomic mass is 16.5. The second kappa shape index (κ2) is 12.1. The van der Waals surface area contributed by atoms with Crippen LogP contribution in [0.2, 0.25) is 0 Å². The Balaban J connectivity index is 1.76. The number of ether oxygens (including phenoxy) is 1. The third-order valence-corrected chi connectivity index (χ3v) is 5.61. The minimum absolute atomic E-state index is 0.0851. The standard InChI is InChI=1S/C23H34N4O4/c1-5-7-21(29)27-14-11-17(12-15-27)10-13-24-20(28)9-8-19-25-22(16(3)31-4)18(6-2)23(30)26-19/h6,17H,2-3,5,7-15H2,1,4H3,(H,24,28)(H,25,26,30). The fraction of sp³-hybridized carbons (Fsp3) is 0.565. The van der Waals surface area contributed by atoms with Gasteiger partial charge in [-0.15, -0.1) is 0 Å². The van der Waals surface area contributed by atoms with Gasteiger partial charge in [-0.3, -0.25) is 14.4 Å². The first-order chi connectivity index (χ1) is 14.9. The van der Waals surface area contributed by atoms with Gasteiger partial charge in [-0.25, -0.2) is 4.98 Å². The normalized spacial score (nSPS) is 14.2. The molecule has 8 nitrogen and oxygen atoms in total. The number of likely N-dealkylation sites (tertiary alicyclic amines) is 1. The van der Waals surface area contributed by atoms with E-state index in [9.17, 15) is 14.4 Å². The number of carbonyl (C=O) groups is 2. The third kappa shape index (κ3) is 7.08. The molecule has 0 saturated carbocycles. The summed E-state index contributed by atoms with van der Waals surface area (Å²) < 4.78 is 5.10. The monoisotopic (exact) mass is 430 g/mol. The molecule has 0 spiro atoms. The first kappa shape index (κ1) is 24.4. The number of hydrogen-bond donors (Lipinski definition) is 2. The quantitative estimate of drug-likeness (QED) is 0.525. The van der Waals surface area contributed by atoms with Gasteiger partial charge in [-0.05, 0) is 31.6 Å². The molecule has 0 radical (unpaired) electrons. The van der Waals surface area contributed by atoms with E-state index < -0.39 is 0 Å². The largest absolute Gasteiger partial charge is 0.495 e. The maximum Gasteiger partial charge on any atom is 0.258 e. The summed E-state index contributed by atoms with van der Waals surface area (Å²) in [6.45, 7) is 11.6. The zero-order chi connectivity index (χ0) is 22.8. The topological polar surface area (TPSA) is 104 Å². The Morgan fingerprint density at radius 3 is 2.65 bits per heavy atom. The number of carbonyl (C=O) groups excluding carboxylic acids is 2. The molecule has 1 fully saturated rings. The molecule has 8 heteroatoms. The Hall–Kier alpha value is -2.90. The van der Waals surface area contributed by atoms with Crippen LogP contribution in [0, 0.1) is 5.92 Å². The van der Waals surface area contributed by atoms with Crippen LogP contribution in [0.25, 0.3) is 11.8 Å². The van der Waals surface area contributed by atoms with Gasteiger partial charge in [0.2, 0.25) is 11.8 Å². The second-order valence-electron chi connectivity index (χ2n) is 7.82. The summed E-state index contributed by atoms with van der Waals surface area (Å²) in [4.78, 5) is 45.4. The molecule has 0 aromatic carbocycles. The molecule has 0 atom stereocenters. The van der Waals surface area contributed by atoms with Crippen LogP contribution < -0.4 is 10.9 Å². The number of aromatic amines is 1. The van der Waals surface area contributed by atoms with E-state index in [1.54, 1.807) is 0 Å². The lowest BCUT2D eigenvalue weighted by molar-refractivity contribution is -0.132. The van der Waals surface area contributed by atoms with Crippen molar-refractivity contribution >= 4 is 23.6 Å². The van der Waals surface area contributed by atoms with Crippen LogP contribution in [0.4, 0.5) is 0 Å². The van der Waals surface area contributed by atoms with E-state index in [4.69, 9.17) is 4.74 Å². The molecule has 1 aliphatic heterocycles. The number of amides is 2. The second-order valence-corrected chi connectivity index (χ2v) is 7.82. The predicted molar refractivity (Wildman–Crippen MR) is 121 cm³/mol. The highest BCUT2D eigenvalue weighted by molar-refractivity contribution is 5.76. The summed E-state index contributed by atoms with van der Waals surface area (Å²) in [5.74, 6) is 1.37. The van der Waals surface area contributed by atoms with E-state index in [2.05, 4.69) is 28.4 Å². The fourth-order valence-corrected chi connectivity index (χ4v) is 3.73. The summed E-state index contributed by atoms with van der Waals surface area (Å²) in [7, 11) is 1.46. The predicted octanol–water partition coefficient (Wildman–Crippen LogP) is 2.51. The Bertz CT molecular complexity index is 854. The minimum Gasteiger partial charge on any atom is -0.495 e. The first-order valence-corrected chi connectivity index (χ1v) is 10.9. The maximum atomic E-state index is 12.2. The smallest absolute Gasteiger partial charge is 0.258 e. The van der Waals surface area contributed by atoms with Crippen LogP contribution in [-0.4, -0.2) is 53.4 Å². The molecular formula is C23H34N4O4. The van der Waals surface area contributed by atoms with Gasteiger partial charge >= 0.3 is 0 Å². The molecule has 1 aromatic heterocycles. The van der Waals surface area contributed by atoms with Crippen molar-refractivity contribution < 1.29 is 14.3 Å². The number of rotatable bonds is 11. The van der Waals surface area contributed by atoms with Gasteiger partial charge in [-0.1, -0.05) is 26.2 Å². The van der Waals surface area contributed by atoms with Crippen molar-refractivity contribution in [2.24, 2.45) is 5.92 Å². The van der Waals surface area contributed by atoms with E-state index in [1.165, 1.54) is 13.2 Å². The molecule has 1 aromatic rings. The van der Waals surface area contributed by atoms with E-state index in [0.717, 1.165) is 38.8 Å². The zero-order valence-electron chi connectivity index (χ0n) is 18.7. The van der Waals surface area contributed by atoms with Gasteiger partial charge in [-0.2, -0.15) is 0 Å². The van der Waals surface area contributed by atoms with Crippen molar-refractivity contribution in [1.82, 2.24) is 20.2 Å². The molecule has 31 heavy (non-hydrogen) atoms. The van der Waals surface area contributed by atoms with Crippen LogP contribution in [0.5, 0.6) is 0 Å². The Labute approximate surface area is 183 Å². The lowest BCUT2D eigenvalue weighted by Gasteiger charge is -2.32. The molecule has 0 unspecified atom stereocenters. The molecule has 1 saturated heterocycles. The minimum atomic E-state index is -0.336. The molecule has 2 N–H and O–H groups in total. The van der Waals surface area contributed by atoms with Gasteiger partial charge < -0.3 is 19.9 Å². The number of nitrogens with one attached hydrogen (secondary N) is 2. The lowest BCUT2D eigenvalue weighted by Crippen LogP contribution is -2.39. The summed E-state index contributed by atoms with van der Waals surface area (Å²) in [6, 6.07) is 0. The van der Waals surface area contributed by atoms with Crippen LogP contribution in [0.3, 0.4) is 0 Å². The molecule has 0 aliphatic carbocycles. The number of aryl methyl sites for hydroxylation is 1. The Morgan fingerprint density at radius 1 is 1.32 bits per heavy atom.